The third kappa shape index (κ3) is 5.37. The van der Waals surface area contributed by atoms with Crippen molar-refractivity contribution in [2.45, 2.75) is 27.2 Å². The van der Waals surface area contributed by atoms with Gasteiger partial charge in [-0.2, -0.15) is 0 Å². The predicted molar refractivity (Wildman–Crippen MR) is 93.6 cm³/mol. The number of piperazine rings is 1. The fourth-order valence-electron chi connectivity index (χ4n) is 3.52. The van der Waals surface area contributed by atoms with E-state index in [1.807, 2.05) is 4.90 Å². The molecule has 5 nitrogen and oxygen atoms in total. The molecule has 2 aliphatic rings. The molecule has 0 aliphatic carbocycles. The lowest BCUT2D eigenvalue weighted by Gasteiger charge is -2.38. The number of nitrogens with zero attached hydrogens (tertiary/aromatic N) is 3. The van der Waals surface area contributed by atoms with Gasteiger partial charge in [-0.3, -0.25) is 9.69 Å². The van der Waals surface area contributed by atoms with Crippen LogP contribution >= 0.6 is 12.4 Å². The van der Waals surface area contributed by atoms with Crippen LogP contribution in [0.3, 0.4) is 0 Å². The Bertz CT molecular complexity index is 335. The molecule has 1 unspecified atom stereocenters. The van der Waals surface area contributed by atoms with Gasteiger partial charge in [0.2, 0.25) is 5.91 Å². The van der Waals surface area contributed by atoms with Gasteiger partial charge in [-0.05, 0) is 32.2 Å². The monoisotopic (exact) mass is 332 g/mol. The molecule has 1 amide bonds. The van der Waals surface area contributed by atoms with E-state index in [1.54, 1.807) is 0 Å². The Labute approximate surface area is 141 Å². The molecule has 2 fully saturated rings. The number of amides is 1. The van der Waals surface area contributed by atoms with Gasteiger partial charge in [0.15, 0.2) is 0 Å². The van der Waals surface area contributed by atoms with Crippen LogP contribution in [-0.2, 0) is 4.79 Å². The van der Waals surface area contributed by atoms with Crippen molar-refractivity contribution in [2.24, 2.45) is 5.41 Å². The molecule has 0 aromatic carbocycles. The summed E-state index contributed by atoms with van der Waals surface area (Å²) in [7, 11) is 0. The van der Waals surface area contributed by atoms with Gasteiger partial charge in [0, 0.05) is 52.4 Å². The summed E-state index contributed by atoms with van der Waals surface area (Å²) in [6.07, 6.45) is 1.29. The molecule has 0 aromatic heterocycles. The second-order valence-electron chi connectivity index (χ2n) is 6.86. The Morgan fingerprint density at radius 3 is 2.23 bits per heavy atom. The molecule has 1 atom stereocenters. The first-order chi connectivity index (χ1) is 10.1. The fourth-order valence-corrected chi connectivity index (χ4v) is 3.52. The minimum Gasteiger partial charge on any atom is -0.342 e. The van der Waals surface area contributed by atoms with E-state index in [-0.39, 0.29) is 18.3 Å². The summed E-state index contributed by atoms with van der Waals surface area (Å²) in [6, 6.07) is 0. The van der Waals surface area contributed by atoms with E-state index >= 15 is 0 Å². The van der Waals surface area contributed by atoms with Gasteiger partial charge in [0.1, 0.15) is 0 Å². The Kier molecular flexibility index (Phi) is 8.11. The van der Waals surface area contributed by atoms with E-state index in [1.165, 1.54) is 13.0 Å². The number of carbonyl (C=O) groups is 1. The first-order valence-corrected chi connectivity index (χ1v) is 8.49. The van der Waals surface area contributed by atoms with E-state index in [2.05, 4.69) is 35.9 Å². The lowest BCUT2D eigenvalue weighted by atomic mass is 9.89. The van der Waals surface area contributed by atoms with Crippen molar-refractivity contribution in [3.63, 3.8) is 0 Å². The molecule has 22 heavy (non-hydrogen) atoms. The molecule has 130 valence electrons. The van der Waals surface area contributed by atoms with Crippen LogP contribution < -0.4 is 5.32 Å². The molecule has 0 bridgehead atoms. The maximum absolute atomic E-state index is 12.1. The quantitative estimate of drug-likeness (QED) is 0.784. The summed E-state index contributed by atoms with van der Waals surface area (Å²) < 4.78 is 0. The highest BCUT2D eigenvalue weighted by Gasteiger charge is 2.32. The molecule has 2 heterocycles. The molecule has 0 spiro atoms. The SMILES string of the molecule is CCN(CC)C(=O)CN1CCN(CC2(C)CCNC2)CC1.Cl. The molecular weight excluding hydrogens is 300 g/mol. The highest BCUT2D eigenvalue weighted by Crippen LogP contribution is 2.26. The van der Waals surface area contributed by atoms with Crippen molar-refractivity contribution < 1.29 is 4.79 Å². The maximum Gasteiger partial charge on any atom is 0.236 e. The van der Waals surface area contributed by atoms with Crippen LogP contribution in [0.1, 0.15) is 27.2 Å². The standard InChI is InChI=1S/C16H32N4O.ClH/c1-4-20(5-2)15(21)12-18-8-10-19(11-9-18)14-16(3)6-7-17-13-16;/h17H,4-14H2,1-3H3;1H. The van der Waals surface area contributed by atoms with Gasteiger partial charge in [0.25, 0.3) is 0 Å². The van der Waals surface area contributed by atoms with Gasteiger partial charge < -0.3 is 15.1 Å². The maximum atomic E-state index is 12.1. The summed E-state index contributed by atoms with van der Waals surface area (Å²) >= 11 is 0. The van der Waals surface area contributed by atoms with Gasteiger partial charge >= 0.3 is 0 Å². The van der Waals surface area contributed by atoms with Crippen molar-refractivity contribution in [1.82, 2.24) is 20.0 Å². The zero-order valence-corrected chi connectivity index (χ0v) is 15.3. The number of hydrogen-bond donors (Lipinski definition) is 1. The summed E-state index contributed by atoms with van der Waals surface area (Å²) in [5, 5.41) is 3.48. The molecular formula is C16H33ClN4O. The van der Waals surface area contributed by atoms with E-state index in [4.69, 9.17) is 0 Å². The van der Waals surface area contributed by atoms with Gasteiger partial charge in [-0.15, -0.1) is 12.4 Å². The lowest BCUT2D eigenvalue weighted by molar-refractivity contribution is -0.132. The summed E-state index contributed by atoms with van der Waals surface area (Å²) in [5.74, 6) is 0.278. The predicted octanol–water partition coefficient (Wildman–Crippen LogP) is 0.894. The smallest absolute Gasteiger partial charge is 0.236 e. The highest BCUT2D eigenvalue weighted by molar-refractivity contribution is 5.85. The van der Waals surface area contributed by atoms with E-state index in [0.717, 1.165) is 52.4 Å². The Morgan fingerprint density at radius 2 is 1.73 bits per heavy atom. The zero-order chi connectivity index (χ0) is 15.3. The average molecular weight is 333 g/mol. The molecule has 2 aliphatic heterocycles. The topological polar surface area (TPSA) is 38.8 Å². The molecule has 6 heteroatoms. The molecule has 1 N–H and O–H groups in total. The van der Waals surface area contributed by atoms with Crippen molar-refractivity contribution in [2.75, 3.05) is 65.4 Å². The van der Waals surface area contributed by atoms with Crippen LogP contribution in [-0.4, -0.2) is 86.1 Å². The first-order valence-electron chi connectivity index (χ1n) is 8.49. The van der Waals surface area contributed by atoms with E-state index < -0.39 is 0 Å². The molecule has 0 aromatic rings. The minimum absolute atomic E-state index is 0. The Morgan fingerprint density at radius 1 is 1.14 bits per heavy atom. The van der Waals surface area contributed by atoms with Crippen LogP contribution in [0, 0.1) is 5.41 Å². The van der Waals surface area contributed by atoms with Gasteiger partial charge in [-0.25, -0.2) is 0 Å². The van der Waals surface area contributed by atoms with E-state index in [0.29, 0.717) is 12.0 Å². The first kappa shape index (κ1) is 19.7. The number of halogens is 1. The summed E-state index contributed by atoms with van der Waals surface area (Å²) in [5.41, 5.74) is 0.444. The van der Waals surface area contributed by atoms with Crippen molar-refractivity contribution in [3.8, 4) is 0 Å². The number of carbonyl (C=O) groups excluding carboxylic acids is 1. The van der Waals surface area contributed by atoms with Crippen LogP contribution in [0.25, 0.3) is 0 Å². The van der Waals surface area contributed by atoms with E-state index in [9.17, 15) is 4.79 Å². The Hall–Kier alpha value is -0.360. The third-order valence-electron chi connectivity index (χ3n) is 5.00. The van der Waals surface area contributed by atoms with Crippen molar-refractivity contribution in [1.29, 1.82) is 0 Å². The minimum atomic E-state index is 0. The molecule has 0 saturated carbocycles. The number of rotatable bonds is 6. The summed E-state index contributed by atoms with van der Waals surface area (Å²) in [4.78, 5) is 19.0. The van der Waals surface area contributed by atoms with Crippen LogP contribution in [0.2, 0.25) is 0 Å². The van der Waals surface area contributed by atoms with Crippen molar-refractivity contribution >= 4 is 18.3 Å². The second kappa shape index (κ2) is 9.06. The summed E-state index contributed by atoms with van der Waals surface area (Å²) in [6.45, 7) is 16.5. The normalized spacial score (nSPS) is 26.7. The number of hydrogen-bond acceptors (Lipinski definition) is 4. The Balaban J connectivity index is 0.00000242. The fraction of sp³-hybridized carbons (Fsp3) is 0.938. The van der Waals surface area contributed by atoms with Gasteiger partial charge in [-0.1, -0.05) is 6.92 Å². The van der Waals surface area contributed by atoms with Gasteiger partial charge in [0.05, 0.1) is 6.54 Å². The molecule has 2 rings (SSSR count). The second-order valence-corrected chi connectivity index (χ2v) is 6.86. The largest absolute Gasteiger partial charge is 0.342 e. The number of nitrogens with one attached hydrogen (secondary N) is 1. The number of likely N-dealkylation sites (N-methyl/N-ethyl adjacent to an activating group) is 1. The zero-order valence-electron chi connectivity index (χ0n) is 14.4. The van der Waals surface area contributed by atoms with Crippen LogP contribution in [0.5, 0.6) is 0 Å². The van der Waals surface area contributed by atoms with Crippen LogP contribution in [0.4, 0.5) is 0 Å². The average Bonchev–Trinajstić information content (AvgIpc) is 2.89. The third-order valence-corrected chi connectivity index (χ3v) is 5.00. The highest BCUT2D eigenvalue weighted by atomic mass is 35.5. The van der Waals surface area contributed by atoms with Crippen LogP contribution in [0.15, 0.2) is 0 Å². The van der Waals surface area contributed by atoms with Crippen molar-refractivity contribution in [3.05, 3.63) is 0 Å². The molecule has 2 saturated heterocycles. The molecule has 0 radical (unpaired) electrons. The lowest BCUT2D eigenvalue weighted by Crippen LogP contribution is -2.52.